The molecule has 1 heterocycles. The van der Waals surface area contributed by atoms with Gasteiger partial charge in [-0.25, -0.2) is 0 Å². The van der Waals surface area contributed by atoms with Crippen molar-refractivity contribution < 1.29 is 17.7 Å². The third-order valence-electron chi connectivity index (χ3n) is 2.61. The molecular weight excluding hydrogens is 218 g/mol. The lowest BCUT2D eigenvalue weighted by Crippen LogP contribution is -2.41. The van der Waals surface area contributed by atoms with E-state index in [1.165, 1.54) is 0 Å². The smallest absolute Gasteiger partial charge is 0.445 e. The summed E-state index contributed by atoms with van der Waals surface area (Å²) in [5, 5.41) is 0. The van der Waals surface area contributed by atoms with Crippen LogP contribution < -0.4 is 0 Å². The van der Waals surface area contributed by atoms with Crippen LogP contribution in [0.2, 0.25) is 0 Å². The summed E-state index contributed by atoms with van der Waals surface area (Å²) in [5.41, 5.74) is -1.01. The van der Waals surface area contributed by atoms with Crippen LogP contribution in [0.1, 0.15) is 20.3 Å². The van der Waals surface area contributed by atoms with E-state index in [1.54, 1.807) is 4.90 Å². The summed E-state index contributed by atoms with van der Waals surface area (Å²) in [5.74, 6) is 0. The highest BCUT2D eigenvalue weighted by molar-refractivity contribution is 6.66. The Balaban J connectivity index is 2.56. The SMILES string of the molecule is C=C(CN1CCCOC(C)(C)C1)[B-](F)(F)F. The number of halogens is 3. The van der Waals surface area contributed by atoms with E-state index in [1.807, 2.05) is 13.8 Å². The van der Waals surface area contributed by atoms with Crippen LogP contribution in [0.15, 0.2) is 12.1 Å². The van der Waals surface area contributed by atoms with Gasteiger partial charge in [-0.2, -0.15) is 0 Å². The number of ether oxygens (including phenoxy) is 1. The Hall–Kier alpha value is -0.485. The summed E-state index contributed by atoms with van der Waals surface area (Å²) in [6, 6.07) is 0. The maximum atomic E-state index is 12.4. The Morgan fingerprint density at radius 2 is 2.06 bits per heavy atom. The molecule has 0 aromatic rings. The summed E-state index contributed by atoms with van der Waals surface area (Å²) in [7, 11) is 0. The molecule has 0 aliphatic carbocycles. The number of hydrogen-bond acceptors (Lipinski definition) is 2. The van der Waals surface area contributed by atoms with E-state index in [2.05, 4.69) is 6.58 Å². The number of nitrogens with zero attached hydrogens (tertiary/aromatic N) is 1. The van der Waals surface area contributed by atoms with Crippen molar-refractivity contribution in [2.45, 2.75) is 25.9 Å². The van der Waals surface area contributed by atoms with Crippen molar-refractivity contribution in [2.75, 3.05) is 26.2 Å². The lowest BCUT2D eigenvalue weighted by atomic mass is 9.80. The van der Waals surface area contributed by atoms with E-state index in [-0.39, 0.29) is 12.1 Å². The average molecular weight is 236 g/mol. The van der Waals surface area contributed by atoms with Gasteiger partial charge in [-0.15, -0.1) is 12.1 Å². The summed E-state index contributed by atoms with van der Waals surface area (Å²) in [6.45, 7) is 3.64. The molecule has 16 heavy (non-hydrogen) atoms. The van der Waals surface area contributed by atoms with Crippen LogP contribution in [0, 0.1) is 0 Å². The van der Waals surface area contributed by atoms with Gasteiger partial charge in [0.2, 0.25) is 0 Å². The van der Waals surface area contributed by atoms with Crippen LogP contribution in [0.25, 0.3) is 0 Å². The van der Waals surface area contributed by atoms with Crippen molar-refractivity contribution in [3.63, 3.8) is 0 Å². The van der Waals surface area contributed by atoms with Crippen molar-refractivity contribution >= 4 is 6.98 Å². The molecule has 0 aromatic carbocycles. The van der Waals surface area contributed by atoms with Gasteiger partial charge in [-0.3, -0.25) is 4.90 Å². The number of hydrogen-bond donors (Lipinski definition) is 0. The molecule has 0 atom stereocenters. The summed E-state index contributed by atoms with van der Waals surface area (Å²) < 4.78 is 42.8. The third kappa shape index (κ3) is 4.18. The first-order chi connectivity index (χ1) is 7.21. The van der Waals surface area contributed by atoms with Gasteiger partial charge in [0.25, 0.3) is 0 Å². The molecular formula is C10H18BF3NO-. The second-order valence-corrected chi connectivity index (χ2v) is 4.91. The van der Waals surface area contributed by atoms with Crippen molar-refractivity contribution in [1.82, 2.24) is 4.90 Å². The first-order valence-corrected chi connectivity index (χ1v) is 5.45. The molecule has 0 bridgehead atoms. The highest BCUT2D eigenvalue weighted by atomic mass is 19.4. The van der Waals surface area contributed by atoms with Gasteiger partial charge in [0, 0.05) is 19.7 Å². The molecule has 0 saturated carbocycles. The molecule has 1 aliphatic rings. The Labute approximate surface area is 94.5 Å². The van der Waals surface area contributed by atoms with Gasteiger partial charge in [0.1, 0.15) is 0 Å². The number of rotatable bonds is 3. The van der Waals surface area contributed by atoms with Crippen LogP contribution >= 0.6 is 0 Å². The zero-order valence-corrected chi connectivity index (χ0v) is 9.81. The van der Waals surface area contributed by atoms with E-state index in [9.17, 15) is 12.9 Å². The molecule has 0 radical (unpaired) electrons. The van der Waals surface area contributed by atoms with E-state index < -0.39 is 12.4 Å². The maximum absolute atomic E-state index is 12.4. The molecule has 1 aliphatic heterocycles. The fraction of sp³-hybridized carbons (Fsp3) is 0.800. The highest BCUT2D eigenvalue weighted by Crippen LogP contribution is 2.22. The molecule has 2 nitrogen and oxygen atoms in total. The second kappa shape index (κ2) is 4.79. The van der Waals surface area contributed by atoms with Gasteiger partial charge in [-0.05, 0) is 26.8 Å². The Kier molecular flexibility index (Phi) is 4.07. The lowest BCUT2D eigenvalue weighted by molar-refractivity contribution is -0.0162. The Morgan fingerprint density at radius 1 is 1.44 bits per heavy atom. The molecule has 6 heteroatoms. The normalized spacial score (nSPS) is 22.8. The van der Waals surface area contributed by atoms with Gasteiger partial charge in [0.05, 0.1) is 5.60 Å². The fourth-order valence-electron chi connectivity index (χ4n) is 1.83. The third-order valence-corrected chi connectivity index (χ3v) is 2.61. The fourth-order valence-corrected chi connectivity index (χ4v) is 1.83. The quantitative estimate of drug-likeness (QED) is 0.697. The van der Waals surface area contributed by atoms with Gasteiger partial charge >= 0.3 is 6.98 Å². The molecule has 0 N–H and O–H groups in total. The van der Waals surface area contributed by atoms with Crippen molar-refractivity contribution in [1.29, 1.82) is 0 Å². The lowest BCUT2D eigenvalue weighted by Gasteiger charge is -2.31. The topological polar surface area (TPSA) is 12.5 Å². The minimum atomic E-state index is -4.92. The monoisotopic (exact) mass is 236 g/mol. The van der Waals surface area contributed by atoms with E-state index in [4.69, 9.17) is 4.74 Å². The van der Waals surface area contributed by atoms with Crippen LogP contribution in [0.4, 0.5) is 12.9 Å². The van der Waals surface area contributed by atoms with Crippen LogP contribution in [0.5, 0.6) is 0 Å². The van der Waals surface area contributed by atoms with E-state index >= 15 is 0 Å². The van der Waals surface area contributed by atoms with Crippen LogP contribution in [-0.4, -0.2) is 43.7 Å². The van der Waals surface area contributed by atoms with Gasteiger partial charge < -0.3 is 17.7 Å². The molecule has 0 unspecified atom stereocenters. The first kappa shape index (κ1) is 13.6. The predicted molar refractivity (Wildman–Crippen MR) is 59.3 cm³/mol. The van der Waals surface area contributed by atoms with Gasteiger partial charge in [0.15, 0.2) is 0 Å². The maximum Gasteiger partial charge on any atom is 0.506 e. The Bertz CT molecular complexity index is 265. The minimum Gasteiger partial charge on any atom is -0.445 e. The van der Waals surface area contributed by atoms with Crippen molar-refractivity contribution in [3.05, 3.63) is 12.1 Å². The molecule has 1 rings (SSSR count). The molecule has 1 fully saturated rings. The summed E-state index contributed by atoms with van der Waals surface area (Å²) >= 11 is 0. The average Bonchev–Trinajstić information content (AvgIpc) is 2.24. The zero-order valence-electron chi connectivity index (χ0n) is 9.81. The minimum absolute atomic E-state index is 0.101. The second-order valence-electron chi connectivity index (χ2n) is 4.91. The van der Waals surface area contributed by atoms with E-state index in [0.29, 0.717) is 19.7 Å². The molecule has 0 aromatic heterocycles. The molecule has 0 spiro atoms. The first-order valence-electron chi connectivity index (χ1n) is 5.45. The summed E-state index contributed by atoms with van der Waals surface area (Å²) in [6.07, 6.45) is 0.765. The Morgan fingerprint density at radius 3 is 2.62 bits per heavy atom. The zero-order chi connectivity index (χ0) is 12.4. The molecule has 0 amide bonds. The predicted octanol–water partition coefficient (Wildman–Crippen LogP) is 2.43. The van der Waals surface area contributed by atoms with E-state index in [0.717, 1.165) is 6.42 Å². The molecule has 1 saturated heterocycles. The standard InChI is InChI=1S/C10H18BF3NO/c1-9(11(12,13)14)7-15-5-4-6-16-10(2,3)8-15/h1,4-8H2,2-3H3/q-1. The van der Waals surface area contributed by atoms with Crippen LogP contribution in [0.3, 0.4) is 0 Å². The summed E-state index contributed by atoms with van der Waals surface area (Å²) in [4.78, 5) is 1.77. The van der Waals surface area contributed by atoms with Gasteiger partial charge in [-0.1, -0.05) is 0 Å². The van der Waals surface area contributed by atoms with Crippen molar-refractivity contribution in [2.24, 2.45) is 0 Å². The molecule has 94 valence electrons. The largest absolute Gasteiger partial charge is 0.506 e. The van der Waals surface area contributed by atoms with Crippen molar-refractivity contribution in [3.8, 4) is 0 Å². The van der Waals surface area contributed by atoms with Crippen LogP contribution in [-0.2, 0) is 4.74 Å². The highest BCUT2D eigenvalue weighted by Gasteiger charge is 2.30.